The molecular weight excluding hydrogens is 242 g/mol. The van der Waals surface area contributed by atoms with Gasteiger partial charge in [-0.15, -0.1) is 0 Å². The molecule has 0 aromatic carbocycles. The second kappa shape index (κ2) is 5.69. The minimum Gasteiger partial charge on any atom is -0.338 e. The third kappa shape index (κ3) is 2.94. The van der Waals surface area contributed by atoms with E-state index in [2.05, 4.69) is 22.1 Å². The molecule has 1 aromatic heterocycles. The summed E-state index contributed by atoms with van der Waals surface area (Å²) in [5, 5.41) is 6.57. The molecule has 1 aromatic rings. The van der Waals surface area contributed by atoms with Crippen LogP contribution in [-0.2, 0) is 11.3 Å². The molecule has 1 heterocycles. The van der Waals surface area contributed by atoms with E-state index >= 15 is 0 Å². The lowest BCUT2D eigenvalue weighted by molar-refractivity contribution is -0.143. The Morgan fingerprint density at radius 3 is 2.79 bits per heavy atom. The maximum atomic E-state index is 12.7. The number of carbonyl (C=O) groups is 1. The van der Waals surface area contributed by atoms with E-state index in [0.29, 0.717) is 24.8 Å². The van der Waals surface area contributed by atoms with Gasteiger partial charge >= 0.3 is 0 Å². The SMILES string of the molecule is CC1CCC(CN)(C(=O)N(C)Cc2ncn[nH]2)CC1. The molecule has 0 unspecified atom stereocenters. The number of aromatic amines is 1. The summed E-state index contributed by atoms with van der Waals surface area (Å²) < 4.78 is 0. The van der Waals surface area contributed by atoms with Gasteiger partial charge in [0.1, 0.15) is 12.2 Å². The standard InChI is InChI=1S/C13H23N5O/c1-10-3-5-13(8-14,6-4-10)12(19)18(2)7-11-15-9-16-17-11/h9-10H,3-8,14H2,1-2H3,(H,15,16,17). The molecule has 1 aliphatic rings. The lowest BCUT2D eigenvalue weighted by Crippen LogP contribution is -2.48. The summed E-state index contributed by atoms with van der Waals surface area (Å²) >= 11 is 0. The number of nitrogens with two attached hydrogens (primary N) is 1. The number of H-pyrrole nitrogens is 1. The van der Waals surface area contributed by atoms with E-state index in [9.17, 15) is 4.79 Å². The van der Waals surface area contributed by atoms with Crippen molar-refractivity contribution in [2.45, 2.75) is 39.2 Å². The second-order valence-electron chi connectivity index (χ2n) is 5.76. The van der Waals surface area contributed by atoms with Crippen molar-refractivity contribution >= 4 is 5.91 Å². The molecule has 2 rings (SSSR count). The van der Waals surface area contributed by atoms with Crippen LogP contribution in [0.25, 0.3) is 0 Å². The molecule has 0 spiro atoms. The first-order chi connectivity index (χ1) is 9.07. The first kappa shape index (κ1) is 14.0. The summed E-state index contributed by atoms with van der Waals surface area (Å²) in [4.78, 5) is 18.4. The Morgan fingerprint density at radius 2 is 2.26 bits per heavy atom. The summed E-state index contributed by atoms with van der Waals surface area (Å²) in [6.07, 6.45) is 5.40. The van der Waals surface area contributed by atoms with E-state index in [1.165, 1.54) is 6.33 Å². The third-order valence-electron chi connectivity index (χ3n) is 4.27. The Balaban J connectivity index is 2.03. The summed E-state index contributed by atoms with van der Waals surface area (Å²) in [7, 11) is 1.81. The number of rotatable bonds is 4. The zero-order valence-corrected chi connectivity index (χ0v) is 11.7. The number of nitrogens with one attached hydrogen (secondary N) is 1. The predicted octanol–water partition coefficient (Wildman–Crippen LogP) is 0.918. The lowest BCUT2D eigenvalue weighted by Gasteiger charge is -2.39. The van der Waals surface area contributed by atoms with Crippen molar-refractivity contribution in [3.63, 3.8) is 0 Å². The molecule has 1 fully saturated rings. The molecule has 0 saturated heterocycles. The van der Waals surface area contributed by atoms with Crippen LogP contribution in [0.3, 0.4) is 0 Å². The summed E-state index contributed by atoms with van der Waals surface area (Å²) in [5.41, 5.74) is 5.54. The molecule has 6 heteroatoms. The zero-order valence-electron chi connectivity index (χ0n) is 11.7. The van der Waals surface area contributed by atoms with E-state index in [4.69, 9.17) is 5.73 Å². The third-order valence-corrected chi connectivity index (χ3v) is 4.27. The van der Waals surface area contributed by atoms with Gasteiger partial charge in [-0.1, -0.05) is 6.92 Å². The Morgan fingerprint density at radius 1 is 1.58 bits per heavy atom. The molecule has 0 aliphatic heterocycles. The highest BCUT2D eigenvalue weighted by Crippen LogP contribution is 2.39. The number of amides is 1. The van der Waals surface area contributed by atoms with E-state index in [0.717, 1.165) is 25.7 Å². The first-order valence-corrected chi connectivity index (χ1v) is 6.87. The van der Waals surface area contributed by atoms with Crippen molar-refractivity contribution in [1.82, 2.24) is 20.1 Å². The minimum absolute atomic E-state index is 0.137. The Labute approximate surface area is 113 Å². The zero-order chi connectivity index (χ0) is 13.9. The van der Waals surface area contributed by atoms with Gasteiger partial charge in [0.2, 0.25) is 5.91 Å². The Hall–Kier alpha value is -1.43. The van der Waals surface area contributed by atoms with Crippen LogP contribution < -0.4 is 5.73 Å². The fourth-order valence-electron chi connectivity index (χ4n) is 2.83. The van der Waals surface area contributed by atoms with Crippen LogP contribution in [0.2, 0.25) is 0 Å². The largest absolute Gasteiger partial charge is 0.338 e. The molecule has 106 valence electrons. The molecule has 0 atom stereocenters. The normalized spacial score (nSPS) is 27.2. The maximum Gasteiger partial charge on any atom is 0.230 e. The van der Waals surface area contributed by atoms with Gasteiger partial charge in [-0.05, 0) is 31.6 Å². The van der Waals surface area contributed by atoms with E-state index in [-0.39, 0.29) is 11.3 Å². The van der Waals surface area contributed by atoms with E-state index < -0.39 is 0 Å². The van der Waals surface area contributed by atoms with Crippen LogP contribution in [0.5, 0.6) is 0 Å². The predicted molar refractivity (Wildman–Crippen MR) is 72.0 cm³/mol. The number of hydrogen-bond donors (Lipinski definition) is 2. The first-order valence-electron chi connectivity index (χ1n) is 6.87. The summed E-state index contributed by atoms with van der Waals surface area (Å²) in [5.74, 6) is 1.54. The Bertz CT molecular complexity index is 409. The van der Waals surface area contributed by atoms with Gasteiger partial charge in [0, 0.05) is 13.6 Å². The van der Waals surface area contributed by atoms with E-state index in [1.54, 1.807) is 11.9 Å². The summed E-state index contributed by atoms with van der Waals surface area (Å²) in [6, 6.07) is 0. The van der Waals surface area contributed by atoms with Gasteiger partial charge in [0.05, 0.1) is 12.0 Å². The molecule has 19 heavy (non-hydrogen) atoms. The molecule has 1 amide bonds. The second-order valence-corrected chi connectivity index (χ2v) is 5.76. The van der Waals surface area contributed by atoms with Crippen molar-refractivity contribution in [3.05, 3.63) is 12.2 Å². The van der Waals surface area contributed by atoms with Crippen molar-refractivity contribution in [2.24, 2.45) is 17.1 Å². The monoisotopic (exact) mass is 265 g/mol. The van der Waals surface area contributed by atoms with Crippen molar-refractivity contribution in [3.8, 4) is 0 Å². The van der Waals surface area contributed by atoms with Gasteiger partial charge in [0.25, 0.3) is 0 Å². The topological polar surface area (TPSA) is 87.9 Å². The van der Waals surface area contributed by atoms with Crippen molar-refractivity contribution in [1.29, 1.82) is 0 Å². The highest BCUT2D eigenvalue weighted by atomic mass is 16.2. The molecule has 1 saturated carbocycles. The number of aromatic nitrogens is 3. The van der Waals surface area contributed by atoms with E-state index in [1.807, 2.05) is 0 Å². The fraction of sp³-hybridized carbons (Fsp3) is 0.769. The smallest absolute Gasteiger partial charge is 0.230 e. The number of nitrogens with zero attached hydrogens (tertiary/aromatic N) is 3. The molecule has 6 nitrogen and oxygen atoms in total. The van der Waals surface area contributed by atoms with Crippen LogP contribution in [0, 0.1) is 11.3 Å². The van der Waals surface area contributed by atoms with Gasteiger partial charge in [-0.3, -0.25) is 9.89 Å². The van der Waals surface area contributed by atoms with Crippen molar-refractivity contribution < 1.29 is 4.79 Å². The van der Waals surface area contributed by atoms with Crippen LogP contribution >= 0.6 is 0 Å². The molecule has 0 radical (unpaired) electrons. The highest BCUT2D eigenvalue weighted by molar-refractivity contribution is 5.82. The molecular formula is C13H23N5O. The van der Waals surface area contributed by atoms with Gasteiger partial charge < -0.3 is 10.6 Å². The molecule has 0 bridgehead atoms. The fourth-order valence-corrected chi connectivity index (χ4v) is 2.83. The van der Waals surface area contributed by atoms with Crippen LogP contribution in [0.1, 0.15) is 38.4 Å². The van der Waals surface area contributed by atoms with Crippen molar-refractivity contribution in [2.75, 3.05) is 13.6 Å². The van der Waals surface area contributed by atoms with Gasteiger partial charge in [-0.25, -0.2) is 4.98 Å². The lowest BCUT2D eigenvalue weighted by atomic mass is 9.70. The maximum absolute atomic E-state index is 12.7. The van der Waals surface area contributed by atoms with Crippen LogP contribution in [0.15, 0.2) is 6.33 Å². The number of hydrogen-bond acceptors (Lipinski definition) is 4. The van der Waals surface area contributed by atoms with Gasteiger partial charge in [0.15, 0.2) is 0 Å². The Kier molecular flexibility index (Phi) is 4.19. The highest BCUT2D eigenvalue weighted by Gasteiger charge is 2.41. The number of carbonyl (C=O) groups excluding carboxylic acids is 1. The summed E-state index contributed by atoms with van der Waals surface area (Å²) in [6.45, 7) is 3.12. The van der Waals surface area contributed by atoms with Crippen LogP contribution in [0.4, 0.5) is 0 Å². The quantitative estimate of drug-likeness (QED) is 0.847. The van der Waals surface area contributed by atoms with Gasteiger partial charge in [-0.2, -0.15) is 5.10 Å². The van der Waals surface area contributed by atoms with Crippen LogP contribution in [-0.4, -0.2) is 39.6 Å². The molecule has 3 N–H and O–H groups in total. The minimum atomic E-state index is -0.374. The average Bonchev–Trinajstić information content (AvgIpc) is 2.92. The average molecular weight is 265 g/mol. The molecule has 1 aliphatic carbocycles.